The maximum Gasteiger partial charge on any atom is 0.112 e. The fraction of sp³-hybridized carbons (Fsp3) is 1.00. The molecule has 172 valence electrons. The summed E-state index contributed by atoms with van der Waals surface area (Å²) in [5.41, 5.74) is 0.00901. The van der Waals surface area contributed by atoms with Gasteiger partial charge in [0.05, 0.1) is 23.0 Å². The van der Waals surface area contributed by atoms with Gasteiger partial charge in [-0.15, -0.1) is 11.8 Å². The summed E-state index contributed by atoms with van der Waals surface area (Å²) in [6, 6.07) is 0. The molecule has 0 aromatic rings. The lowest BCUT2D eigenvalue weighted by Gasteiger charge is -2.68. The number of nitrogens with zero attached hydrogens (tertiary/aromatic N) is 5. The highest BCUT2D eigenvalue weighted by Gasteiger charge is 2.65. The standard InChI is InChI=1S/C23H43N5OS/c1-21(24-10-4-5-11-24)20-28(27-16-18-29-19-17-27)22(2,25-12-6-7-13-25)23(3,30-21)26-14-8-9-15-26/h4-20H2,1-3H3. The first-order valence-corrected chi connectivity index (χ1v) is 13.3. The molecule has 0 spiro atoms. The largest absolute Gasteiger partial charge is 0.379 e. The Morgan fingerprint density at radius 3 is 1.70 bits per heavy atom. The molecule has 0 aromatic heterocycles. The predicted octanol–water partition coefficient (Wildman–Crippen LogP) is 2.72. The predicted molar refractivity (Wildman–Crippen MR) is 124 cm³/mol. The first kappa shape index (κ1) is 21.9. The normalized spacial score (nSPS) is 43.7. The second-order valence-electron chi connectivity index (χ2n) is 10.5. The van der Waals surface area contributed by atoms with Crippen LogP contribution < -0.4 is 0 Å². The van der Waals surface area contributed by atoms with E-state index >= 15 is 0 Å². The molecule has 3 unspecified atom stereocenters. The van der Waals surface area contributed by atoms with Crippen molar-refractivity contribution >= 4 is 11.8 Å². The zero-order valence-electron chi connectivity index (χ0n) is 19.6. The number of hydrazine groups is 1. The van der Waals surface area contributed by atoms with Gasteiger partial charge in [-0.25, -0.2) is 10.0 Å². The summed E-state index contributed by atoms with van der Waals surface area (Å²) in [5, 5.41) is 5.51. The van der Waals surface area contributed by atoms with Crippen LogP contribution in [0.4, 0.5) is 0 Å². The molecule has 5 saturated heterocycles. The van der Waals surface area contributed by atoms with E-state index in [0.29, 0.717) is 0 Å². The summed E-state index contributed by atoms with van der Waals surface area (Å²) in [4.78, 5) is 8.74. The molecule has 0 bridgehead atoms. The molecule has 0 aliphatic carbocycles. The summed E-state index contributed by atoms with van der Waals surface area (Å²) in [7, 11) is 0. The third-order valence-electron chi connectivity index (χ3n) is 8.78. The molecule has 0 N–H and O–H groups in total. The van der Waals surface area contributed by atoms with Crippen LogP contribution in [-0.2, 0) is 4.74 Å². The van der Waals surface area contributed by atoms with Gasteiger partial charge in [0.25, 0.3) is 0 Å². The highest BCUT2D eigenvalue weighted by atomic mass is 32.2. The molecule has 5 fully saturated rings. The Morgan fingerprint density at radius 2 is 1.13 bits per heavy atom. The van der Waals surface area contributed by atoms with Gasteiger partial charge in [-0.3, -0.25) is 14.7 Å². The van der Waals surface area contributed by atoms with E-state index in [4.69, 9.17) is 4.74 Å². The Balaban J connectivity index is 1.58. The molecule has 7 heteroatoms. The molecule has 0 radical (unpaired) electrons. The smallest absolute Gasteiger partial charge is 0.112 e. The highest BCUT2D eigenvalue weighted by Crippen LogP contribution is 2.57. The van der Waals surface area contributed by atoms with Crippen molar-refractivity contribution in [3.05, 3.63) is 0 Å². The van der Waals surface area contributed by atoms with Crippen molar-refractivity contribution in [2.45, 2.75) is 74.7 Å². The van der Waals surface area contributed by atoms with Gasteiger partial charge in [0, 0.05) is 32.7 Å². The summed E-state index contributed by atoms with van der Waals surface area (Å²) in [5.74, 6) is 0. The Labute approximate surface area is 188 Å². The minimum absolute atomic E-state index is 0.00901. The fourth-order valence-electron chi connectivity index (χ4n) is 6.87. The summed E-state index contributed by atoms with van der Waals surface area (Å²) in [6.07, 6.45) is 8.11. The van der Waals surface area contributed by atoms with Crippen LogP contribution in [-0.4, -0.2) is 112 Å². The van der Waals surface area contributed by atoms with E-state index in [0.717, 1.165) is 32.8 Å². The van der Waals surface area contributed by atoms with Crippen molar-refractivity contribution in [2.75, 3.05) is 72.1 Å². The molecule has 0 saturated carbocycles. The van der Waals surface area contributed by atoms with E-state index < -0.39 is 0 Å². The summed E-state index contributed by atoms with van der Waals surface area (Å²) >= 11 is 2.30. The number of morpholine rings is 1. The maximum absolute atomic E-state index is 5.78. The van der Waals surface area contributed by atoms with Crippen molar-refractivity contribution in [1.82, 2.24) is 24.7 Å². The molecule has 5 aliphatic rings. The van der Waals surface area contributed by atoms with Crippen LogP contribution >= 0.6 is 11.8 Å². The van der Waals surface area contributed by atoms with Crippen molar-refractivity contribution in [3.8, 4) is 0 Å². The molecule has 0 amide bonds. The first-order chi connectivity index (χ1) is 14.5. The SMILES string of the molecule is CC1(N2CCCC2)CN(N2CCOCC2)C(C)(N2CCCC2)C(C)(N2CCCC2)S1. The van der Waals surface area contributed by atoms with Crippen molar-refractivity contribution in [1.29, 1.82) is 0 Å². The fourth-order valence-corrected chi connectivity index (χ4v) is 8.96. The van der Waals surface area contributed by atoms with Crippen molar-refractivity contribution < 1.29 is 4.74 Å². The average Bonchev–Trinajstić information content (AvgIpc) is 3.54. The Bertz CT molecular complexity index is 600. The lowest BCUT2D eigenvalue weighted by atomic mass is 9.96. The topological polar surface area (TPSA) is 25.4 Å². The molecular formula is C23H43N5OS. The molecule has 5 rings (SSSR count). The third kappa shape index (κ3) is 3.47. The number of rotatable bonds is 4. The molecule has 6 nitrogen and oxygen atoms in total. The number of ether oxygens (including phenoxy) is 1. The van der Waals surface area contributed by atoms with E-state index in [1.54, 1.807) is 0 Å². The lowest BCUT2D eigenvalue weighted by molar-refractivity contribution is -0.230. The molecule has 0 aromatic carbocycles. The van der Waals surface area contributed by atoms with Gasteiger partial charge in [-0.1, -0.05) is 0 Å². The van der Waals surface area contributed by atoms with Crippen LogP contribution in [0, 0.1) is 0 Å². The van der Waals surface area contributed by atoms with Gasteiger partial charge >= 0.3 is 0 Å². The second-order valence-corrected chi connectivity index (χ2v) is 12.4. The van der Waals surface area contributed by atoms with E-state index in [2.05, 4.69) is 57.3 Å². The van der Waals surface area contributed by atoms with E-state index in [1.807, 2.05) is 0 Å². The second kappa shape index (κ2) is 8.47. The Hall–Kier alpha value is 0.110. The number of hydrogen-bond donors (Lipinski definition) is 0. The van der Waals surface area contributed by atoms with Crippen molar-refractivity contribution in [2.24, 2.45) is 0 Å². The van der Waals surface area contributed by atoms with Gasteiger partial charge in [0.15, 0.2) is 0 Å². The van der Waals surface area contributed by atoms with Gasteiger partial charge in [0.1, 0.15) is 5.66 Å². The maximum atomic E-state index is 5.78. The minimum Gasteiger partial charge on any atom is -0.379 e. The lowest BCUT2D eigenvalue weighted by Crippen LogP contribution is -2.82. The zero-order chi connectivity index (χ0) is 20.8. The highest BCUT2D eigenvalue weighted by molar-refractivity contribution is 8.02. The average molecular weight is 438 g/mol. The van der Waals surface area contributed by atoms with Crippen LogP contribution in [0.25, 0.3) is 0 Å². The van der Waals surface area contributed by atoms with Crippen LogP contribution in [0.5, 0.6) is 0 Å². The van der Waals surface area contributed by atoms with Gasteiger partial charge in [-0.05, 0) is 85.5 Å². The minimum atomic E-state index is 0.00901. The molecule has 5 aliphatic heterocycles. The molecular weight excluding hydrogens is 394 g/mol. The van der Waals surface area contributed by atoms with Crippen LogP contribution in [0.2, 0.25) is 0 Å². The Morgan fingerprint density at radius 1 is 0.633 bits per heavy atom. The molecule has 3 atom stereocenters. The van der Waals surface area contributed by atoms with E-state index in [1.165, 1.54) is 77.8 Å². The van der Waals surface area contributed by atoms with Gasteiger partial charge in [0.2, 0.25) is 0 Å². The monoisotopic (exact) mass is 437 g/mol. The molecule has 30 heavy (non-hydrogen) atoms. The quantitative estimate of drug-likeness (QED) is 0.667. The van der Waals surface area contributed by atoms with Crippen LogP contribution in [0.3, 0.4) is 0 Å². The number of hydrogen-bond acceptors (Lipinski definition) is 7. The summed E-state index contributed by atoms with van der Waals surface area (Å²) < 4.78 is 5.78. The van der Waals surface area contributed by atoms with Crippen molar-refractivity contribution in [3.63, 3.8) is 0 Å². The zero-order valence-corrected chi connectivity index (χ0v) is 20.4. The van der Waals surface area contributed by atoms with E-state index in [9.17, 15) is 0 Å². The number of thioether (sulfide) groups is 1. The van der Waals surface area contributed by atoms with Crippen LogP contribution in [0.1, 0.15) is 59.3 Å². The third-order valence-corrected chi connectivity index (χ3v) is 10.6. The molecule has 5 heterocycles. The summed E-state index contributed by atoms with van der Waals surface area (Å²) in [6.45, 7) is 20.1. The first-order valence-electron chi connectivity index (χ1n) is 12.5. The number of likely N-dealkylation sites (tertiary alicyclic amines) is 3. The van der Waals surface area contributed by atoms with Gasteiger partial charge in [-0.2, -0.15) is 0 Å². The van der Waals surface area contributed by atoms with E-state index in [-0.39, 0.29) is 15.4 Å². The Kier molecular flexibility index (Phi) is 6.19. The van der Waals surface area contributed by atoms with Crippen LogP contribution in [0.15, 0.2) is 0 Å². The van der Waals surface area contributed by atoms with Gasteiger partial charge < -0.3 is 4.74 Å².